The van der Waals surface area contributed by atoms with Crippen molar-refractivity contribution in [1.82, 2.24) is 9.03 Å². The smallest absolute Gasteiger partial charge is 0.279 e. The number of Topliss-reactive ketones (excluding diaryl/α,β-unsaturated/α-hetero) is 2. The summed E-state index contributed by atoms with van der Waals surface area (Å²) in [4.78, 5) is 26.5. The van der Waals surface area contributed by atoms with Crippen LogP contribution in [0.5, 0.6) is 0 Å². The number of ketones is 2. The first-order valence-corrected chi connectivity index (χ1v) is 12.4. The van der Waals surface area contributed by atoms with Crippen molar-refractivity contribution >= 4 is 21.8 Å². The molecule has 0 atom stereocenters. The van der Waals surface area contributed by atoms with Crippen molar-refractivity contribution in [1.29, 1.82) is 0 Å². The minimum Gasteiger partial charge on any atom is -0.383 e. The fourth-order valence-corrected chi connectivity index (χ4v) is 6.26. The number of nitrogens with one attached hydrogen (secondary N) is 1. The molecule has 0 bridgehead atoms. The number of carbonyl (C=O) groups is 2. The number of nitrogens with zero attached hydrogens (tertiary/aromatic N) is 1. The SMILES string of the molecule is CC#Cc1cc(C)c(C2C(=O)CC3(CCN(S(=O)(=O)NCCOC)CC3)CC2=O)c(C)c1. The summed E-state index contributed by atoms with van der Waals surface area (Å²) in [5, 5.41) is 0. The molecule has 0 radical (unpaired) electrons. The fourth-order valence-electron chi connectivity index (χ4n) is 5.07. The molecular formula is C24H32N2O5S. The maximum Gasteiger partial charge on any atom is 0.279 e. The van der Waals surface area contributed by atoms with Crippen LogP contribution in [0.25, 0.3) is 0 Å². The van der Waals surface area contributed by atoms with Crippen LogP contribution in [0, 0.1) is 31.1 Å². The number of benzene rings is 1. The lowest BCUT2D eigenvalue weighted by Crippen LogP contribution is -2.51. The van der Waals surface area contributed by atoms with E-state index in [4.69, 9.17) is 4.74 Å². The third-order valence-corrected chi connectivity index (χ3v) is 8.22. The molecule has 32 heavy (non-hydrogen) atoms. The van der Waals surface area contributed by atoms with Crippen molar-refractivity contribution < 1.29 is 22.7 Å². The van der Waals surface area contributed by atoms with E-state index in [0.717, 1.165) is 22.3 Å². The van der Waals surface area contributed by atoms with Gasteiger partial charge in [0.25, 0.3) is 10.2 Å². The van der Waals surface area contributed by atoms with Gasteiger partial charge in [-0.05, 0) is 67.9 Å². The minimum absolute atomic E-state index is 0.0590. The lowest BCUT2D eigenvalue weighted by molar-refractivity contribution is -0.138. The maximum atomic E-state index is 13.2. The largest absolute Gasteiger partial charge is 0.383 e. The zero-order valence-corrected chi connectivity index (χ0v) is 20.1. The highest BCUT2D eigenvalue weighted by atomic mass is 32.2. The Balaban J connectivity index is 1.73. The first kappa shape index (κ1) is 24.6. The average molecular weight is 461 g/mol. The monoisotopic (exact) mass is 460 g/mol. The lowest BCUT2D eigenvalue weighted by Gasteiger charge is -2.44. The molecule has 1 heterocycles. The van der Waals surface area contributed by atoms with Crippen molar-refractivity contribution in [2.45, 2.75) is 52.4 Å². The Morgan fingerprint density at radius 1 is 1.12 bits per heavy atom. The summed E-state index contributed by atoms with van der Waals surface area (Å²) in [6.07, 6.45) is 1.63. The Bertz CT molecular complexity index is 1020. The Hall–Kier alpha value is -2.05. The van der Waals surface area contributed by atoms with Gasteiger partial charge >= 0.3 is 0 Å². The van der Waals surface area contributed by atoms with E-state index in [9.17, 15) is 18.0 Å². The summed E-state index contributed by atoms with van der Waals surface area (Å²) in [7, 11) is -2.08. The molecule has 8 heteroatoms. The van der Waals surface area contributed by atoms with Crippen LogP contribution in [0.1, 0.15) is 60.8 Å². The van der Waals surface area contributed by atoms with E-state index in [1.807, 2.05) is 26.0 Å². The molecule has 174 valence electrons. The number of hydrogen-bond donors (Lipinski definition) is 1. The second-order valence-electron chi connectivity index (χ2n) is 8.91. The Morgan fingerprint density at radius 3 is 2.19 bits per heavy atom. The van der Waals surface area contributed by atoms with E-state index in [0.29, 0.717) is 45.4 Å². The highest BCUT2D eigenvalue weighted by Gasteiger charge is 2.48. The number of hydrogen-bond acceptors (Lipinski definition) is 5. The van der Waals surface area contributed by atoms with Crippen LogP contribution in [-0.4, -0.2) is 57.6 Å². The van der Waals surface area contributed by atoms with Gasteiger partial charge in [-0.15, -0.1) is 5.92 Å². The van der Waals surface area contributed by atoms with E-state index in [1.54, 1.807) is 6.92 Å². The van der Waals surface area contributed by atoms with Gasteiger partial charge in [0.1, 0.15) is 17.5 Å². The fraction of sp³-hybridized carbons (Fsp3) is 0.583. The number of piperidine rings is 1. The zero-order valence-electron chi connectivity index (χ0n) is 19.3. The van der Waals surface area contributed by atoms with Gasteiger partial charge in [-0.25, -0.2) is 0 Å². The van der Waals surface area contributed by atoms with Crippen molar-refractivity contribution in [3.8, 4) is 11.8 Å². The van der Waals surface area contributed by atoms with Crippen LogP contribution in [0.3, 0.4) is 0 Å². The predicted molar refractivity (Wildman–Crippen MR) is 122 cm³/mol. The third kappa shape index (κ3) is 5.12. The number of aryl methyl sites for hydroxylation is 2. The maximum absolute atomic E-state index is 13.2. The molecule has 0 aromatic heterocycles. The molecule has 1 N–H and O–H groups in total. The molecule has 1 aliphatic heterocycles. The second-order valence-corrected chi connectivity index (χ2v) is 10.7. The summed E-state index contributed by atoms with van der Waals surface area (Å²) in [5.41, 5.74) is 3.06. The molecule has 0 unspecified atom stereocenters. The third-order valence-electron chi connectivity index (χ3n) is 6.61. The van der Waals surface area contributed by atoms with Gasteiger partial charge in [0.05, 0.1) is 6.61 Å². The highest BCUT2D eigenvalue weighted by molar-refractivity contribution is 7.87. The molecule has 1 aliphatic carbocycles. The van der Waals surface area contributed by atoms with Crippen LogP contribution in [0.15, 0.2) is 12.1 Å². The van der Waals surface area contributed by atoms with Crippen LogP contribution < -0.4 is 4.72 Å². The highest BCUT2D eigenvalue weighted by Crippen LogP contribution is 2.46. The second kappa shape index (κ2) is 9.84. The summed E-state index contributed by atoms with van der Waals surface area (Å²) >= 11 is 0. The average Bonchev–Trinajstić information content (AvgIpc) is 2.70. The normalized spacial score (nSPS) is 19.8. The summed E-state index contributed by atoms with van der Waals surface area (Å²) in [6.45, 7) is 6.74. The van der Waals surface area contributed by atoms with Crippen LogP contribution in [0.2, 0.25) is 0 Å². The standard InChI is InChI=1S/C24H32N2O5S/c1-5-6-19-13-17(2)22(18(3)14-19)23-20(27)15-24(16-21(23)28)7-10-26(11-8-24)32(29,30)25-9-12-31-4/h13-14,23,25H,7-12,15-16H2,1-4H3. The molecule has 2 aliphatic rings. The molecule has 1 saturated heterocycles. The molecule has 3 rings (SSSR count). The van der Waals surface area contributed by atoms with E-state index in [2.05, 4.69) is 16.6 Å². The Morgan fingerprint density at radius 2 is 1.69 bits per heavy atom. The Kier molecular flexibility index (Phi) is 7.56. The summed E-state index contributed by atoms with van der Waals surface area (Å²) in [5.74, 6) is 5.06. The van der Waals surface area contributed by atoms with Gasteiger partial charge in [-0.1, -0.05) is 5.92 Å². The first-order valence-electron chi connectivity index (χ1n) is 11.0. The van der Waals surface area contributed by atoms with Gasteiger partial charge < -0.3 is 4.74 Å². The molecule has 7 nitrogen and oxygen atoms in total. The van der Waals surface area contributed by atoms with Gasteiger partial charge in [0.15, 0.2) is 0 Å². The van der Waals surface area contributed by atoms with Gasteiger partial charge in [-0.2, -0.15) is 17.4 Å². The summed E-state index contributed by atoms with van der Waals surface area (Å²) < 4.78 is 33.7. The number of methoxy groups -OCH3 is 1. The molecule has 2 fully saturated rings. The topological polar surface area (TPSA) is 92.8 Å². The van der Waals surface area contributed by atoms with E-state index < -0.39 is 21.5 Å². The van der Waals surface area contributed by atoms with Gasteiger partial charge in [-0.3, -0.25) is 9.59 Å². The molecule has 1 aromatic carbocycles. The molecule has 1 saturated carbocycles. The number of ether oxygens (including phenoxy) is 1. The molecule has 1 spiro atoms. The van der Waals surface area contributed by atoms with E-state index in [-0.39, 0.29) is 18.1 Å². The Labute approximate surface area is 191 Å². The number of rotatable bonds is 6. The van der Waals surface area contributed by atoms with Crippen molar-refractivity contribution in [2.24, 2.45) is 5.41 Å². The minimum atomic E-state index is -3.59. The first-order chi connectivity index (χ1) is 15.1. The molecule has 0 amide bonds. The zero-order chi connectivity index (χ0) is 23.5. The lowest BCUT2D eigenvalue weighted by atomic mass is 9.63. The van der Waals surface area contributed by atoms with E-state index >= 15 is 0 Å². The quantitative estimate of drug-likeness (QED) is 0.399. The van der Waals surface area contributed by atoms with Crippen LogP contribution in [-0.2, 0) is 24.5 Å². The van der Waals surface area contributed by atoms with Crippen LogP contribution >= 0.6 is 0 Å². The molecule has 1 aromatic rings. The van der Waals surface area contributed by atoms with Gasteiger partial charge in [0, 0.05) is 45.1 Å². The van der Waals surface area contributed by atoms with E-state index in [1.165, 1.54) is 11.4 Å². The van der Waals surface area contributed by atoms with Crippen molar-refractivity contribution in [3.63, 3.8) is 0 Å². The molecular weight excluding hydrogens is 428 g/mol. The number of carbonyl (C=O) groups excluding carboxylic acids is 2. The van der Waals surface area contributed by atoms with Crippen molar-refractivity contribution in [2.75, 3.05) is 33.4 Å². The predicted octanol–water partition coefficient (Wildman–Crippen LogP) is 2.25. The van der Waals surface area contributed by atoms with Gasteiger partial charge in [0.2, 0.25) is 0 Å². The summed E-state index contributed by atoms with van der Waals surface area (Å²) in [6, 6.07) is 3.87. The van der Waals surface area contributed by atoms with Crippen molar-refractivity contribution in [3.05, 3.63) is 34.4 Å². The van der Waals surface area contributed by atoms with Crippen LogP contribution in [0.4, 0.5) is 0 Å².